The normalized spacial score (nSPS) is 47.7. The van der Waals surface area contributed by atoms with Crippen molar-refractivity contribution >= 4 is 5.97 Å². The van der Waals surface area contributed by atoms with Gasteiger partial charge in [-0.3, -0.25) is 4.79 Å². The second-order valence-corrected chi connectivity index (χ2v) is 5.44. The van der Waals surface area contributed by atoms with Crippen LogP contribution in [-0.4, -0.2) is 12.6 Å². The smallest absolute Gasteiger partial charge is 0.309 e. The molecule has 0 amide bonds. The van der Waals surface area contributed by atoms with Crippen LogP contribution in [0.3, 0.4) is 0 Å². The molecule has 3 rings (SSSR count). The summed E-state index contributed by atoms with van der Waals surface area (Å²) in [7, 11) is 0. The third-order valence-corrected chi connectivity index (χ3v) is 4.60. The van der Waals surface area contributed by atoms with Crippen molar-refractivity contribution in [1.82, 2.24) is 0 Å². The summed E-state index contributed by atoms with van der Waals surface area (Å²) in [4.78, 5) is 11.6. The minimum Gasteiger partial charge on any atom is -0.465 e. The molecule has 0 N–H and O–H groups in total. The highest BCUT2D eigenvalue weighted by Gasteiger charge is 2.60. The monoisotopic (exact) mass is 192 g/mol. The Morgan fingerprint density at radius 3 is 3.07 bits per heavy atom. The highest BCUT2D eigenvalue weighted by atomic mass is 16.5. The molecule has 0 spiro atoms. The van der Waals surface area contributed by atoms with Crippen LogP contribution in [0.1, 0.15) is 20.3 Å². The first kappa shape index (κ1) is 8.51. The van der Waals surface area contributed by atoms with Crippen LogP contribution in [0.25, 0.3) is 0 Å². The Hall–Kier alpha value is -0.790. The predicted octanol–water partition coefficient (Wildman–Crippen LogP) is 2.01. The molecule has 4 atom stereocenters. The Labute approximate surface area is 84.3 Å². The van der Waals surface area contributed by atoms with E-state index >= 15 is 0 Å². The van der Waals surface area contributed by atoms with Crippen LogP contribution >= 0.6 is 0 Å². The van der Waals surface area contributed by atoms with E-state index in [0.29, 0.717) is 24.4 Å². The molecule has 14 heavy (non-hydrogen) atoms. The van der Waals surface area contributed by atoms with Crippen LogP contribution in [0.15, 0.2) is 12.2 Å². The molecule has 0 bridgehead atoms. The van der Waals surface area contributed by atoms with Crippen molar-refractivity contribution in [2.24, 2.45) is 29.1 Å². The van der Waals surface area contributed by atoms with E-state index in [1.54, 1.807) is 0 Å². The van der Waals surface area contributed by atoms with Crippen LogP contribution in [-0.2, 0) is 9.53 Å². The summed E-state index contributed by atoms with van der Waals surface area (Å²) in [5, 5.41) is 0. The summed E-state index contributed by atoms with van der Waals surface area (Å²) >= 11 is 0. The quantitative estimate of drug-likeness (QED) is 0.433. The van der Waals surface area contributed by atoms with Crippen molar-refractivity contribution in [3.05, 3.63) is 12.2 Å². The number of esters is 1. The van der Waals surface area contributed by atoms with Crippen molar-refractivity contribution in [3.63, 3.8) is 0 Å². The van der Waals surface area contributed by atoms with Gasteiger partial charge in [-0.1, -0.05) is 26.0 Å². The van der Waals surface area contributed by atoms with Gasteiger partial charge < -0.3 is 4.74 Å². The average Bonchev–Trinajstić information content (AvgIpc) is 2.71. The number of allylic oxidation sites excluding steroid dienone is 2. The van der Waals surface area contributed by atoms with E-state index < -0.39 is 0 Å². The van der Waals surface area contributed by atoms with Gasteiger partial charge in [-0.05, 0) is 23.7 Å². The van der Waals surface area contributed by atoms with Gasteiger partial charge in [0.1, 0.15) is 0 Å². The largest absolute Gasteiger partial charge is 0.465 e. The summed E-state index contributed by atoms with van der Waals surface area (Å²) in [5.41, 5.74) is 0.245. The first-order valence-corrected chi connectivity index (χ1v) is 5.45. The molecular formula is C12H16O2. The fraction of sp³-hybridized carbons (Fsp3) is 0.750. The van der Waals surface area contributed by atoms with Crippen LogP contribution in [0, 0.1) is 29.1 Å². The molecule has 0 aromatic heterocycles. The summed E-state index contributed by atoms with van der Waals surface area (Å²) in [6.07, 6.45) is 5.62. The summed E-state index contributed by atoms with van der Waals surface area (Å²) in [6, 6.07) is 0. The summed E-state index contributed by atoms with van der Waals surface area (Å²) < 4.78 is 5.20. The van der Waals surface area contributed by atoms with Gasteiger partial charge in [0.15, 0.2) is 0 Å². The van der Waals surface area contributed by atoms with E-state index in [9.17, 15) is 4.79 Å². The Balaban J connectivity index is 2.04. The number of hydrogen-bond acceptors (Lipinski definition) is 2. The fourth-order valence-electron chi connectivity index (χ4n) is 3.78. The van der Waals surface area contributed by atoms with Crippen LogP contribution < -0.4 is 0 Å². The average molecular weight is 192 g/mol. The molecule has 1 heterocycles. The van der Waals surface area contributed by atoms with Gasteiger partial charge in [0.05, 0.1) is 12.5 Å². The Morgan fingerprint density at radius 2 is 2.29 bits per heavy atom. The number of carbonyl (C=O) groups is 1. The lowest BCUT2D eigenvalue weighted by Gasteiger charge is -2.29. The van der Waals surface area contributed by atoms with Gasteiger partial charge in [-0.15, -0.1) is 0 Å². The minimum absolute atomic E-state index is 0.0549. The van der Waals surface area contributed by atoms with E-state index in [-0.39, 0.29) is 17.3 Å². The number of carbonyl (C=O) groups excluding carboxylic acids is 1. The zero-order valence-corrected chi connectivity index (χ0v) is 8.69. The highest BCUT2D eigenvalue weighted by Crippen LogP contribution is 2.60. The molecule has 1 aliphatic heterocycles. The van der Waals surface area contributed by atoms with Crippen molar-refractivity contribution in [1.29, 1.82) is 0 Å². The topological polar surface area (TPSA) is 26.3 Å². The summed E-state index contributed by atoms with van der Waals surface area (Å²) in [5.74, 6) is 1.83. The van der Waals surface area contributed by atoms with Gasteiger partial charge in [-0.2, -0.15) is 0 Å². The molecule has 0 aromatic rings. The minimum atomic E-state index is 0.0549. The van der Waals surface area contributed by atoms with E-state index in [4.69, 9.17) is 4.74 Å². The molecule has 0 radical (unpaired) electrons. The molecule has 1 saturated carbocycles. The maximum atomic E-state index is 11.6. The Bertz CT molecular complexity index is 316. The van der Waals surface area contributed by atoms with E-state index in [1.165, 1.54) is 0 Å². The Morgan fingerprint density at radius 1 is 1.50 bits per heavy atom. The van der Waals surface area contributed by atoms with E-state index in [0.717, 1.165) is 6.42 Å². The van der Waals surface area contributed by atoms with Crippen LogP contribution in [0.4, 0.5) is 0 Å². The van der Waals surface area contributed by atoms with Gasteiger partial charge in [0, 0.05) is 5.92 Å². The lowest BCUT2D eigenvalue weighted by Crippen LogP contribution is -2.26. The van der Waals surface area contributed by atoms with Gasteiger partial charge in [0.25, 0.3) is 0 Å². The second kappa shape index (κ2) is 2.41. The maximum Gasteiger partial charge on any atom is 0.309 e. The first-order chi connectivity index (χ1) is 6.62. The SMILES string of the molecule is CC1(C)[C@@H]2C=CC[C@@H]2[C@@H]2C(=O)OC[C@@H]21. The van der Waals surface area contributed by atoms with Crippen molar-refractivity contribution in [2.45, 2.75) is 20.3 Å². The molecule has 2 nitrogen and oxygen atoms in total. The number of cyclic esters (lactones) is 1. The molecule has 2 aliphatic carbocycles. The molecule has 0 aromatic carbocycles. The number of hydrogen-bond donors (Lipinski definition) is 0. The second-order valence-electron chi connectivity index (χ2n) is 5.44. The molecule has 1 saturated heterocycles. The Kier molecular flexibility index (Phi) is 1.47. The number of ether oxygens (including phenoxy) is 1. The lowest BCUT2D eigenvalue weighted by molar-refractivity contribution is -0.142. The first-order valence-electron chi connectivity index (χ1n) is 5.45. The number of rotatable bonds is 0. The molecule has 0 unspecified atom stereocenters. The third kappa shape index (κ3) is 0.800. The fourth-order valence-corrected chi connectivity index (χ4v) is 3.78. The third-order valence-electron chi connectivity index (χ3n) is 4.60. The highest BCUT2D eigenvalue weighted by molar-refractivity contribution is 5.76. The standard InChI is InChI=1S/C12H16O2/c1-12(2)8-5-3-4-7(8)10-9(12)6-14-11(10)13/h3,5,7-10H,4,6H2,1-2H3/t7-,8+,9-,10-/m0/s1. The maximum absolute atomic E-state index is 11.6. The molecule has 2 heteroatoms. The molecule has 76 valence electrons. The van der Waals surface area contributed by atoms with Crippen LogP contribution in [0.2, 0.25) is 0 Å². The molecule has 3 aliphatic rings. The van der Waals surface area contributed by atoms with Gasteiger partial charge in [0.2, 0.25) is 0 Å². The number of fused-ring (bicyclic) bond motifs is 3. The van der Waals surface area contributed by atoms with Crippen LogP contribution in [0.5, 0.6) is 0 Å². The zero-order chi connectivity index (χ0) is 9.92. The molecule has 2 fully saturated rings. The zero-order valence-electron chi connectivity index (χ0n) is 8.69. The van der Waals surface area contributed by atoms with Gasteiger partial charge >= 0.3 is 5.97 Å². The van der Waals surface area contributed by atoms with Crippen molar-refractivity contribution in [3.8, 4) is 0 Å². The van der Waals surface area contributed by atoms with E-state index in [1.807, 2.05) is 0 Å². The van der Waals surface area contributed by atoms with Crippen molar-refractivity contribution < 1.29 is 9.53 Å². The summed E-state index contributed by atoms with van der Waals surface area (Å²) in [6.45, 7) is 5.22. The van der Waals surface area contributed by atoms with Gasteiger partial charge in [-0.25, -0.2) is 0 Å². The molecular weight excluding hydrogens is 176 g/mol. The predicted molar refractivity (Wildman–Crippen MR) is 52.5 cm³/mol. The lowest BCUT2D eigenvalue weighted by atomic mass is 9.75. The van der Waals surface area contributed by atoms with Crippen molar-refractivity contribution in [2.75, 3.05) is 6.61 Å². The van der Waals surface area contributed by atoms with E-state index in [2.05, 4.69) is 26.0 Å².